The molecule has 1 fully saturated rings. The normalized spacial score (nSPS) is 21.4. The van der Waals surface area contributed by atoms with Crippen molar-refractivity contribution in [3.05, 3.63) is 53.9 Å². The van der Waals surface area contributed by atoms with Crippen LogP contribution in [0.5, 0.6) is 0 Å². The van der Waals surface area contributed by atoms with Gasteiger partial charge in [0.05, 0.1) is 12.1 Å². The molecular formula is C18H21N5O. The van der Waals surface area contributed by atoms with E-state index in [1.54, 1.807) is 4.80 Å². The lowest BCUT2D eigenvalue weighted by Gasteiger charge is -2.16. The Balaban J connectivity index is 1.51. The molecule has 1 heterocycles. The second-order valence-electron chi connectivity index (χ2n) is 6.55. The molecule has 24 heavy (non-hydrogen) atoms. The lowest BCUT2D eigenvalue weighted by Crippen LogP contribution is -2.30. The van der Waals surface area contributed by atoms with Crippen LogP contribution in [-0.4, -0.2) is 26.1 Å². The van der Waals surface area contributed by atoms with Crippen LogP contribution in [0.25, 0.3) is 0 Å². The smallest absolute Gasteiger partial charge is 0.251 e. The summed E-state index contributed by atoms with van der Waals surface area (Å²) in [5.74, 6) is 0.958. The molecule has 0 spiro atoms. The fourth-order valence-electron chi connectivity index (χ4n) is 3.13. The lowest BCUT2D eigenvalue weighted by atomic mass is 10.0. The zero-order valence-corrected chi connectivity index (χ0v) is 13.5. The standard InChI is InChI=1S/C18H21N5O/c24-18(14-7-3-1-4-8-14)19-16(13-11-12-13)17-20-22-23(21-17)15-9-5-2-6-10-15/h1,3-5,7-9,13,15-16H,2,6,10-12H2,(H,19,24)/t15-,16+/m1/s1. The Labute approximate surface area is 140 Å². The molecule has 1 saturated carbocycles. The Bertz CT molecular complexity index is 735. The predicted octanol–water partition coefficient (Wildman–Crippen LogP) is 2.84. The van der Waals surface area contributed by atoms with Crippen molar-refractivity contribution in [2.24, 2.45) is 5.92 Å². The van der Waals surface area contributed by atoms with E-state index in [4.69, 9.17) is 0 Å². The molecule has 1 aromatic heterocycles. The van der Waals surface area contributed by atoms with Gasteiger partial charge in [-0.05, 0) is 55.4 Å². The first-order valence-corrected chi connectivity index (χ1v) is 8.63. The Hall–Kier alpha value is -2.50. The van der Waals surface area contributed by atoms with E-state index in [-0.39, 0.29) is 18.0 Å². The number of carbonyl (C=O) groups is 1. The molecule has 2 aliphatic carbocycles. The Morgan fingerprint density at radius 3 is 2.75 bits per heavy atom. The van der Waals surface area contributed by atoms with Crippen molar-refractivity contribution in [1.82, 2.24) is 25.5 Å². The van der Waals surface area contributed by atoms with Crippen molar-refractivity contribution >= 4 is 5.91 Å². The van der Waals surface area contributed by atoms with Gasteiger partial charge in [0.15, 0.2) is 5.82 Å². The zero-order valence-electron chi connectivity index (χ0n) is 13.5. The van der Waals surface area contributed by atoms with Crippen LogP contribution in [0, 0.1) is 5.92 Å². The first-order valence-electron chi connectivity index (χ1n) is 8.63. The minimum absolute atomic E-state index is 0.0820. The van der Waals surface area contributed by atoms with Crippen LogP contribution in [0.1, 0.15) is 60.4 Å². The van der Waals surface area contributed by atoms with Gasteiger partial charge in [-0.3, -0.25) is 4.79 Å². The second-order valence-corrected chi connectivity index (χ2v) is 6.55. The molecule has 124 valence electrons. The molecule has 0 radical (unpaired) electrons. The number of nitrogens with zero attached hydrogens (tertiary/aromatic N) is 4. The highest BCUT2D eigenvalue weighted by atomic mass is 16.1. The number of rotatable bonds is 5. The van der Waals surface area contributed by atoms with Crippen LogP contribution in [-0.2, 0) is 0 Å². The number of aromatic nitrogens is 4. The summed E-state index contributed by atoms with van der Waals surface area (Å²) < 4.78 is 0. The van der Waals surface area contributed by atoms with Gasteiger partial charge in [0.2, 0.25) is 0 Å². The summed E-state index contributed by atoms with van der Waals surface area (Å²) in [7, 11) is 0. The largest absolute Gasteiger partial charge is 0.342 e. The third kappa shape index (κ3) is 3.22. The number of benzene rings is 1. The van der Waals surface area contributed by atoms with Gasteiger partial charge < -0.3 is 5.32 Å². The Morgan fingerprint density at radius 2 is 2.04 bits per heavy atom. The molecule has 4 rings (SSSR count). The summed E-state index contributed by atoms with van der Waals surface area (Å²) in [4.78, 5) is 14.2. The van der Waals surface area contributed by atoms with E-state index >= 15 is 0 Å². The number of hydrogen-bond acceptors (Lipinski definition) is 4. The van der Waals surface area contributed by atoms with E-state index in [2.05, 4.69) is 32.9 Å². The van der Waals surface area contributed by atoms with Gasteiger partial charge in [-0.1, -0.05) is 30.4 Å². The highest BCUT2D eigenvalue weighted by molar-refractivity contribution is 5.94. The molecule has 1 amide bonds. The van der Waals surface area contributed by atoms with E-state index in [0.717, 1.165) is 32.1 Å². The van der Waals surface area contributed by atoms with Crippen LogP contribution in [0.2, 0.25) is 0 Å². The molecule has 1 N–H and O–H groups in total. The summed E-state index contributed by atoms with van der Waals surface area (Å²) >= 11 is 0. The van der Waals surface area contributed by atoms with E-state index in [0.29, 0.717) is 17.3 Å². The van der Waals surface area contributed by atoms with E-state index in [1.165, 1.54) is 0 Å². The van der Waals surface area contributed by atoms with Crippen LogP contribution in [0.4, 0.5) is 0 Å². The first-order chi connectivity index (χ1) is 11.8. The summed E-state index contributed by atoms with van der Waals surface area (Å²) in [6.07, 6.45) is 9.81. The number of hydrogen-bond donors (Lipinski definition) is 1. The molecule has 0 saturated heterocycles. The van der Waals surface area contributed by atoms with Gasteiger partial charge in [0.25, 0.3) is 5.91 Å². The molecule has 6 heteroatoms. The van der Waals surface area contributed by atoms with Crippen LogP contribution in [0.15, 0.2) is 42.5 Å². The monoisotopic (exact) mass is 323 g/mol. The third-order valence-corrected chi connectivity index (χ3v) is 4.66. The molecule has 2 aliphatic rings. The maximum Gasteiger partial charge on any atom is 0.251 e. The number of amides is 1. The summed E-state index contributed by atoms with van der Waals surface area (Å²) in [6.45, 7) is 0. The van der Waals surface area contributed by atoms with Gasteiger partial charge in [0.1, 0.15) is 0 Å². The average molecular weight is 323 g/mol. The molecule has 6 nitrogen and oxygen atoms in total. The Morgan fingerprint density at radius 1 is 1.21 bits per heavy atom. The van der Waals surface area contributed by atoms with Crippen LogP contribution in [0.3, 0.4) is 0 Å². The van der Waals surface area contributed by atoms with Gasteiger partial charge in [0, 0.05) is 5.56 Å². The van der Waals surface area contributed by atoms with Crippen molar-refractivity contribution in [2.75, 3.05) is 0 Å². The second kappa shape index (κ2) is 6.55. The minimum Gasteiger partial charge on any atom is -0.342 e. The molecule has 0 unspecified atom stereocenters. The fraction of sp³-hybridized carbons (Fsp3) is 0.444. The van der Waals surface area contributed by atoms with Gasteiger partial charge >= 0.3 is 0 Å². The molecule has 2 atom stereocenters. The number of allylic oxidation sites excluding steroid dienone is 2. The topological polar surface area (TPSA) is 72.7 Å². The highest BCUT2D eigenvalue weighted by Crippen LogP contribution is 2.40. The molecule has 1 aromatic carbocycles. The zero-order chi connectivity index (χ0) is 16.4. The summed E-state index contributed by atoms with van der Waals surface area (Å²) in [6, 6.07) is 9.30. The van der Waals surface area contributed by atoms with Crippen molar-refractivity contribution in [3.63, 3.8) is 0 Å². The quantitative estimate of drug-likeness (QED) is 0.859. The maximum absolute atomic E-state index is 12.5. The summed E-state index contributed by atoms with van der Waals surface area (Å²) in [5, 5.41) is 16.1. The van der Waals surface area contributed by atoms with Crippen molar-refractivity contribution in [3.8, 4) is 0 Å². The van der Waals surface area contributed by atoms with Gasteiger partial charge in [-0.15, -0.1) is 10.2 Å². The Kier molecular flexibility index (Phi) is 4.11. The maximum atomic E-state index is 12.5. The summed E-state index contributed by atoms with van der Waals surface area (Å²) in [5.41, 5.74) is 0.658. The van der Waals surface area contributed by atoms with E-state index in [9.17, 15) is 4.79 Å². The van der Waals surface area contributed by atoms with Gasteiger partial charge in [-0.25, -0.2) is 0 Å². The SMILES string of the molecule is O=C(N[C@H](c1nnn([C@@H]2C=CCCC2)n1)C1CC1)c1ccccc1. The van der Waals surface area contributed by atoms with Crippen LogP contribution >= 0.6 is 0 Å². The minimum atomic E-state index is -0.154. The van der Waals surface area contributed by atoms with E-state index < -0.39 is 0 Å². The number of carbonyl (C=O) groups excluding carboxylic acids is 1. The van der Waals surface area contributed by atoms with Crippen molar-refractivity contribution in [1.29, 1.82) is 0 Å². The predicted molar refractivity (Wildman–Crippen MR) is 89.2 cm³/mol. The first kappa shape index (κ1) is 15.1. The van der Waals surface area contributed by atoms with Crippen molar-refractivity contribution < 1.29 is 4.79 Å². The molecule has 2 aromatic rings. The third-order valence-electron chi connectivity index (χ3n) is 4.66. The van der Waals surface area contributed by atoms with Gasteiger partial charge in [-0.2, -0.15) is 4.80 Å². The fourth-order valence-corrected chi connectivity index (χ4v) is 3.13. The van der Waals surface area contributed by atoms with E-state index in [1.807, 2.05) is 30.3 Å². The van der Waals surface area contributed by atoms with Crippen LogP contribution < -0.4 is 5.32 Å². The average Bonchev–Trinajstić information content (AvgIpc) is 3.37. The van der Waals surface area contributed by atoms with Crippen molar-refractivity contribution in [2.45, 2.75) is 44.2 Å². The number of tetrazole rings is 1. The molecule has 0 aliphatic heterocycles. The molecular weight excluding hydrogens is 302 g/mol. The number of nitrogens with one attached hydrogen (secondary N) is 1. The molecule has 0 bridgehead atoms. The lowest BCUT2D eigenvalue weighted by molar-refractivity contribution is 0.0929. The highest BCUT2D eigenvalue weighted by Gasteiger charge is 2.36.